The van der Waals surface area contributed by atoms with Gasteiger partial charge in [0, 0.05) is 10.7 Å². The lowest BCUT2D eigenvalue weighted by molar-refractivity contribution is -0.132. The molecule has 0 aromatic heterocycles. The van der Waals surface area contributed by atoms with Crippen LogP contribution < -0.4 is 9.64 Å². The first-order chi connectivity index (χ1) is 15.7. The number of carbonyl (C=O) groups excluding carboxylic acids is 2. The third kappa shape index (κ3) is 4.08. The van der Waals surface area contributed by atoms with Gasteiger partial charge < -0.3 is 9.84 Å². The summed E-state index contributed by atoms with van der Waals surface area (Å²) in [6, 6.07) is 14.2. The van der Waals surface area contributed by atoms with Crippen molar-refractivity contribution in [1.29, 1.82) is 0 Å². The van der Waals surface area contributed by atoms with Crippen LogP contribution in [0.3, 0.4) is 0 Å². The zero-order chi connectivity index (χ0) is 23.9. The Labute approximate surface area is 199 Å². The third-order valence-corrected chi connectivity index (χ3v) is 5.88. The summed E-state index contributed by atoms with van der Waals surface area (Å²) >= 11 is 12.3. The number of amides is 1. The average molecular weight is 486 g/mol. The number of carbonyl (C=O) groups is 2. The fraction of sp³-hybridized carbons (Fsp3) is 0.120. The second kappa shape index (κ2) is 8.89. The molecular weight excluding hydrogens is 468 g/mol. The largest absolute Gasteiger partial charge is 0.507 e. The molecule has 0 aliphatic carbocycles. The Kier molecular flexibility index (Phi) is 6.15. The number of hydrogen-bond acceptors (Lipinski definition) is 4. The summed E-state index contributed by atoms with van der Waals surface area (Å²) in [5.74, 6) is -2.61. The minimum Gasteiger partial charge on any atom is -0.507 e. The standard InChI is InChI=1S/C25H18Cl2FNO4/c1-13-4-3-5-17(10-13)29-21(14-6-8-16(28)9-7-14)20(23(31)25(29)32)22(30)18-11-15(26)12-19(27)24(18)33-2/h3-12,21,30H,1-2H3/b22-20+. The lowest BCUT2D eigenvalue weighted by Gasteiger charge is -2.26. The van der Waals surface area contributed by atoms with Crippen LogP contribution in [0.5, 0.6) is 5.75 Å². The van der Waals surface area contributed by atoms with E-state index in [2.05, 4.69) is 0 Å². The Morgan fingerprint density at radius 1 is 1.06 bits per heavy atom. The van der Waals surface area contributed by atoms with Crippen LogP contribution in [-0.4, -0.2) is 23.9 Å². The highest BCUT2D eigenvalue weighted by atomic mass is 35.5. The number of aliphatic hydroxyl groups excluding tert-OH is 1. The minimum atomic E-state index is -1.02. The van der Waals surface area contributed by atoms with Gasteiger partial charge in [-0.2, -0.15) is 0 Å². The van der Waals surface area contributed by atoms with Crippen molar-refractivity contribution in [2.75, 3.05) is 12.0 Å². The monoisotopic (exact) mass is 485 g/mol. The zero-order valence-corrected chi connectivity index (χ0v) is 19.1. The van der Waals surface area contributed by atoms with Gasteiger partial charge in [-0.05, 0) is 54.4 Å². The number of aryl methyl sites for hydroxylation is 1. The van der Waals surface area contributed by atoms with Crippen molar-refractivity contribution in [2.45, 2.75) is 13.0 Å². The van der Waals surface area contributed by atoms with Crippen molar-refractivity contribution < 1.29 is 23.8 Å². The number of ether oxygens (including phenoxy) is 1. The van der Waals surface area contributed by atoms with Crippen molar-refractivity contribution >= 4 is 46.3 Å². The topological polar surface area (TPSA) is 66.8 Å². The van der Waals surface area contributed by atoms with E-state index in [1.54, 1.807) is 18.2 Å². The number of aliphatic hydroxyl groups is 1. The molecule has 168 valence electrons. The molecule has 3 aromatic rings. The molecule has 4 rings (SSSR count). The highest BCUT2D eigenvalue weighted by Crippen LogP contribution is 2.45. The molecule has 8 heteroatoms. The number of anilines is 1. The van der Waals surface area contributed by atoms with E-state index in [0.29, 0.717) is 11.3 Å². The molecule has 1 saturated heterocycles. The quantitative estimate of drug-likeness (QED) is 0.276. The highest BCUT2D eigenvalue weighted by molar-refractivity contribution is 6.52. The number of rotatable bonds is 4. The number of benzene rings is 3. The number of halogens is 3. The Morgan fingerprint density at radius 3 is 2.39 bits per heavy atom. The number of nitrogens with zero attached hydrogens (tertiary/aromatic N) is 1. The first kappa shape index (κ1) is 22.8. The fourth-order valence-electron chi connectivity index (χ4n) is 3.93. The highest BCUT2D eigenvalue weighted by Gasteiger charge is 2.47. The Hall–Kier alpha value is -3.35. The average Bonchev–Trinajstić information content (AvgIpc) is 3.04. The Bertz CT molecular complexity index is 1300. The molecule has 0 bridgehead atoms. The molecule has 1 amide bonds. The van der Waals surface area contributed by atoms with Crippen molar-refractivity contribution in [3.63, 3.8) is 0 Å². The van der Waals surface area contributed by atoms with Gasteiger partial charge >= 0.3 is 0 Å². The van der Waals surface area contributed by atoms with Crippen LogP contribution in [0.4, 0.5) is 10.1 Å². The molecule has 33 heavy (non-hydrogen) atoms. The Balaban J connectivity index is 2.01. The normalized spacial score (nSPS) is 17.5. The van der Waals surface area contributed by atoms with E-state index in [9.17, 15) is 19.1 Å². The van der Waals surface area contributed by atoms with E-state index in [1.807, 2.05) is 13.0 Å². The molecule has 1 aliphatic rings. The summed E-state index contributed by atoms with van der Waals surface area (Å²) < 4.78 is 19.0. The van der Waals surface area contributed by atoms with Gasteiger partial charge in [-0.3, -0.25) is 14.5 Å². The van der Waals surface area contributed by atoms with Crippen LogP contribution in [-0.2, 0) is 9.59 Å². The summed E-state index contributed by atoms with van der Waals surface area (Å²) in [7, 11) is 1.36. The number of methoxy groups -OCH3 is 1. The molecule has 1 atom stereocenters. The number of Topliss-reactive ketones (excluding diaryl/α,β-unsaturated/α-hetero) is 1. The van der Waals surface area contributed by atoms with Gasteiger partial charge in [-0.1, -0.05) is 47.5 Å². The molecule has 3 aromatic carbocycles. The van der Waals surface area contributed by atoms with Crippen LogP contribution in [0.15, 0.2) is 66.2 Å². The van der Waals surface area contributed by atoms with Crippen molar-refractivity contribution in [3.8, 4) is 5.75 Å². The predicted octanol–water partition coefficient (Wildman–Crippen LogP) is 6.08. The predicted molar refractivity (Wildman–Crippen MR) is 125 cm³/mol. The molecule has 0 spiro atoms. The first-order valence-corrected chi connectivity index (χ1v) is 10.6. The smallest absolute Gasteiger partial charge is 0.300 e. The molecule has 1 fully saturated rings. The second-order valence-corrected chi connectivity index (χ2v) is 8.37. The van der Waals surface area contributed by atoms with Crippen LogP contribution >= 0.6 is 23.2 Å². The molecule has 0 saturated carbocycles. The van der Waals surface area contributed by atoms with Crippen LogP contribution in [0, 0.1) is 12.7 Å². The maximum Gasteiger partial charge on any atom is 0.300 e. The van der Waals surface area contributed by atoms with Gasteiger partial charge in [0.1, 0.15) is 17.3 Å². The third-order valence-electron chi connectivity index (χ3n) is 5.38. The molecule has 0 radical (unpaired) electrons. The maximum absolute atomic E-state index is 13.7. The molecule has 5 nitrogen and oxygen atoms in total. The van der Waals surface area contributed by atoms with Crippen molar-refractivity contribution in [3.05, 3.63) is 98.8 Å². The lowest BCUT2D eigenvalue weighted by Crippen LogP contribution is -2.29. The van der Waals surface area contributed by atoms with Crippen LogP contribution in [0.2, 0.25) is 10.0 Å². The summed E-state index contributed by atoms with van der Waals surface area (Å²) in [5.41, 5.74) is 1.64. The second-order valence-electron chi connectivity index (χ2n) is 7.53. The lowest BCUT2D eigenvalue weighted by atomic mass is 9.94. The van der Waals surface area contributed by atoms with Crippen LogP contribution in [0.25, 0.3) is 5.76 Å². The fourth-order valence-corrected chi connectivity index (χ4v) is 4.50. The molecular formula is C25H18Cl2FNO4. The van der Waals surface area contributed by atoms with Gasteiger partial charge in [0.15, 0.2) is 0 Å². The van der Waals surface area contributed by atoms with E-state index in [4.69, 9.17) is 27.9 Å². The van der Waals surface area contributed by atoms with Crippen LogP contribution in [0.1, 0.15) is 22.7 Å². The Morgan fingerprint density at radius 2 is 1.76 bits per heavy atom. The van der Waals surface area contributed by atoms with Crippen molar-refractivity contribution in [1.82, 2.24) is 0 Å². The molecule has 1 aliphatic heterocycles. The zero-order valence-electron chi connectivity index (χ0n) is 17.6. The summed E-state index contributed by atoms with van der Waals surface area (Å²) in [6.07, 6.45) is 0. The minimum absolute atomic E-state index is 0.0596. The van der Waals surface area contributed by atoms with E-state index in [1.165, 1.54) is 48.4 Å². The van der Waals surface area contributed by atoms with E-state index in [0.717, 1.165) is 5.56 Å². The van der Waals surface area contributed by atoms with Crippen molar-refractivity contribution in [2.24, 2.45) is 0 Å². The van der Waals surface area contributed by atoms with E-state index < -0.39 is 29.3 Å². The van der Waals surface area contributed by atoms with Gasteiger partial charge in [0.05, 0.1) is 29.3 Å². The van der Waals surface area contributed by atoms with E-state index >= 15 is 0 Å². The number of ketones is 1. The summed E-state index contributed by atoms with van der Waals surface area (Å²) in [5, 5.41) is 11.6. The molecule has 1 heterocycles. The van der Waals surface area contributed by atoms with Gasteiger partial charge in [0.25, 0.3) is 11.7 Å². The van der Waals surface area contributed by atoms with E-state index in [-0.39, 0.29) is 26.9 Å². The van der Waals surface area contributed by atoms with Gasteiger partial charge in [0.2, 0.25) is 0 Å². The van der Waals surface area contributed by atoms with Gasteiger partial charge in [-0.25, -0.2) is 4.39 Å². The SMILES string of the molecule is COc1c(Cl)cc(Cl)cc1/C(O)=C1\C(=O)C(=O)N(c2cccc(C)c2)C1c1ccc(F)cc1. The summed E-state index contributed by atoms with van der Waals surface area (Å²) in [4.78, 5) is 27.7. The molecule has 1 unspecified atom stereocenters. The summed E-state index contributed by atoms with van der Waals surface area (Å²) in [6.45, 7) is 1.85. The maximum atomic E-state index is 13.7. The first-order valence-electron chi connectivity index (χ1n) is 9.89. The molecule has 1 N–H and O–H groups in total. The number of hydrogen-bond donors (Lipinski definition) is 1. The van der Waals surface area contributed by atoms with Gasteiger partial charge in [-0.15, -0.1) is 0 Å².